The zero-order valence-corrected chi connectivity index (χ0v) is 19.9. The number of carbonyl (C=O) groups excluding carboxylic acids is 1. The van der Waals surface area contributed by atoms with Crippen LogP contribution >= 0.6 is 15.9 Å². The van der Waals surface area contributed by atoms with Crippen LogP contribution < -0.4 is 10.1 Å². The maximum absolute atomic E-state index is 12.6. The summed E-state index contributed by atoms with van der Waals surface area (Å²) in [6.45, 7) is 5.88. The Morgan fingerprint density at radius 2 is 1.81 bits per heavy atom. The van der Waals surface area contributed by atoms with Gasteiger partial charge in [-0.25, -0.2) is 4.98 Å². The Balaban J connectivity index is 1.43. The fourth-order valence-electron chi connectivity index (χ4n) is 3.83. The summed E-state index contributed by atoms with van der Waals surface area (Å²) in [5, 5.41) is 3.00. The van der Waals surface area contributed by atoms with Gasteiger partial charge in [-0.05, 0) is 73.9 Å². The van der Waals surface area contributed by atoms with Crippen molar-refractivity contribution in [3.05, 3.63) is 93.7 Å². The second kappa shape index (κ2) is 10.0. The predicted octanol–water partition coefficient (Wildman–Crippen LogP) is 5.81. The van der Waals surface area contributed by atoms with Gasteiger partial charge in [0, 0.05) is 16.6 Å². The second-order valence-electron chi connectivity index (χ2n) is 7.89. The molecule has 1 aromatic heterocycles. The van der Waals surface area contributed by atoms with Crippen LogP contribution in [0, 0.1) is 13.8 Å². The normalized spacial score (nSPS) is 11.0. The molecule has 0 spiro atoms. The summed E-state index contributed by atoms with van der Waals surface area (Å²) in [5.41, 5.74) is 5.00. The Morgan fingerprint density at radius 3 is 2.59 bits per heavy atom. The average molecular weight is 492 g/mol. The van der Waals surface area contributed by atoms with E-state index in [1.807, 2.05) is 36.4 Å². The minimum absolute atomic E-state index is 0.122. The zero-order chi connectivity index (χ0) is 22.5. The third kappa shape index (κ3) is 5.37. The lowest BCUT2D eigenvalue weighted by Crippen LogP contribution is -2.25. The lowest BCUT2D eigenvalue weighted by molar-refractivity contribution is 0.0949. The van der Waals surface area contributed by atoms with E-state index in [1.54, 1.807) is 6.07 Å². The average Bonchev–Trinajstić information content (AvgIpc) is 3.12. The molecular weight excluding hydrogens is 466 g/mol. The van der Waals surface area contributed by atoms with Gasteiger partial charge in [-0.2, -0.15) is 0 Å². The number of aryl methyl sites for hydroxylation is 3. The molecule has 0 aliphatic rings. The number of rotatable bonds is 8. The Morgan fingerprint density at radius 1 is 1.03 bits per heavy atom. The Kier molecular flexibility index (Phi) is 6.90. The van der Waals surface area contributed by atoms with E-state index < -0.39 is 0 Å². The van der Waals surface area contributed by atoms with E-state index in [0.29, 0.717) is 18.7 Å². The topological polar surface area (TPSA) is 56.1 Å². The van der Waals surface area contributed by atoms with Gasteiger partial charge in [0.15, 0.2) is 0 Å². The molecule has 0 saturated heterocycles. The second-order valence-corrected chi connectivity index (χ2v) is 8.80. The molecule has 0 bridgehead atoms. The van der Waals surface area contributed by atoms with Crippen molar-refractivity contribution in [3.63, 3.8) is 0 Å². The highest BCUT2D eigenvalue weighted by molar-refractivity contribution is 9.10. The minimum Gasteiger partial charge on any atom is -0.494 e. The molecule has 164 valence electrons. The van der Waals surface area contributed by atoms with Gasteiger partial charge in [0.2, 0.25) is 0 Å². The van der Waals surface area contributed by atoms with E-state index in [1.165, 1.54) is 11.1 Å². The number of benzene rings is 3. The van der Waals surface area contributed by atoms with Gasteiger partial charge in [-0.3, -0.25) is 4.79 Å². The predicted molar refractivity (Wildman–Crippen MR) is 131 cm³/mol. The lowest BCUT2D eigenvalue weighted by atomic mass is 10.1. The number of hydrogen-bond acceptors (Lipinski definition) is 3. The Bertz CT molecular complexity index is 1230. The molecule has 5 nitrogen and oxygen atoms in total. The largest absolute Gasteiger partial charge is 0.494 e. The van der Waals surface area contributed by atoms with Gasteiger partial charge < -0.3 is 14.6 Å². The van der Waals surface area contributed by atoms with Crippen molar-refractivity contribution in [2.45, 2.75) is 33.4 Å². The highest BCUT2D eigenvalue weighted by Gasteiger charge is 2.12. The van der Waals surface area contributed by atoms with Crippen molar-refractivity contribution in [3.8, 4) is 5.75 Å². The number of halogens is 1. The number of para-hydroxylation sites is 2. The SMILES string of the molecule is Cc1cc(C)cc(OCCCn2c(CNC(=O)c3cccc(Br)c3)nc3ccccc32)c1. The summed E-state index contributed by atoms with van der Waals surface area (Å²) in [6, 6.07) is 21.7. The van der Waals surface area contributed by atoms with E-state index in [2.05, 4.69) is 63.9 Å². The van der Waals surface area contributed by atoms with E-state index >= 15 is 0 Å². The fraction of sp³-hybridized carbons (Fsp3) is 0.231. The molecule has 0 aliphatic carbocycles. The number of aromatic nitrogens is 2. The van der Waals surface area contributed by atoms with Gasteiger partial charge >= 0.3 is 0 Å². The summed E-state index contributed by atoms with van der Waals surface area (Å²) in [4.78, 5) is 17.3. The molecule has 1 heterocycles. The van der Waals surface area contributed by atoms with Crippen LogP contribution in [-0.4, -0.2) is 22.1 Å². The molecule has 4 aromatic rings. The molecule has 0 aliphatic heterocycles. The van der Waals surface area contributed by atoms with Crippen LogP contribution in [0.15, 0.2) is 71.2 Å². The van der Waals surface area contributed by atoms with Gasteiger partial charge in [0.25, 0.3) is 5.91 Å². The molecule has 6 heteroatoms. The quantitative estimate of drug-likeness (QED) is 0.316. The lowest BCUT2D eigenvalue weighted by Gasteiger charge is -2.12. The Labute approximate surface area is 196 Å². The molecule has 4 rings (SSSR count). The summed E-state index contributed by atoms with van der Waals surface area (Å²) in [6.07, 6.45) is 0.833. The molecule has 1 amide bonds. The standard InChI is InChI=1S/C26H26BrN3O2/c1-18-13-19(2)15-22(14-18)32-12-6-11-30-24-10-4-3-9-23(24)29-25(30)17-28-26(31)20-7-5-8-21(27)16-20/h3-5,7-10,13-16H,6,11-12,17H2,1-2H3,(H,28,31). The summed E-state index contributed by atoms with van der Waals surface area (Å²) in [7, 11) is 0. The van der Waals surface area contributed by atoms with Crippen LogP contribution in [0.2, 0.25) is 0 Å². The van der Waals surface area contributed by atoms with Crippen LogP contribution in [0.4, 0.5) is 0 Å². The zero-order valence-electron chi connectivity index (χ0n) is 18.3. The van der Waals surface area contributed by atoms with Crippen LogP contribution in [0.3, 0.4) is 0 Å². The van der Waals surface area contributed by atoms with Crippen molar-refractivity contribution >= 4 is 32.9 Å². The number of nitrogens with zero attached hydrogens (tertiary/aromatic N) is 2. The van der Waals surface area contributed by atoms with Crippen LogP contribution in [0.1, 0.15) is 33.7 Å². The fourth-order valence-corrected chi connectivity index (χ4v) is 4.23. The van der Waals surface area contributed by atoms with Crippen LogP contribution in [-0.2, 0) is 13.1 Å². The smallest absolute Gasteiger partial charge is 0.251 e. The molecule has 32 heavy (non-hydrogen) atoms. The first kappa shape index (κ1) is 22.1. The first-order valence-corrected chi connectivity index (χ1v) is 11.5. The molecule has 0 saturated carbocycles. The summed E-state index contributed by atoms with van der Waals surface area (Å²) < 4.78 is 9.02. The summed E-state index contributed by atoms with van der Waals surface area (Å²) in [5.74, 6) is 1.61. The van der Waals surface area contributed by atoms with Crippen LogP contribution in [0.5, 0.6) is 5.75 Å². The van der Waals surface area contributed by atoms with E-state index in [0.717, 1.165) is 40.0 Å². The monoisotopic (exact) mass is 491 g/mol. The van der Waals surface area contributed by atoms with E-state index in [-0.39, 0.29) is 5.91 Å². The van der Waals surface area contributed by atoms with Gasteiger partial charge in [0.05, 0.1) is 24.2 Å². The van der Waals surface area contributed by atoms with Gasteiger partial charge in [-0.15, -0.1) is 0 Å². The highest BCUT2D eigenvalue weighted by Crippen LogP contribution is 2.19. The highest BCUT2D eigenvalue weighted by atomic mass is 79.9. The van der Waals surface area contributed by atoms with Gasteiger partial charge in [0.1, 0.15) is 11.6 Å². The van der Waals surface area contributed by atoms with Gasteiger partial charge in [-0.1, -0.05) is 40.2 Å². The molecular formula is C26H26BrN3O2. The molecule has 0 fully saturated rings. The number of fused-ring (bicyclic) bond motifs is 1. The van der Waals surface area contributed by atoms with Crippen molar-refractivity contribution in [2.75, 3.05) is 6.61 Å². The number of amides is 1. The van der Waals surface area contributed by atoms with E-state index in [4.69, 9.17) is 9.72 Å². The summed E-state index contributed by atoms with van der Waals surface area (Å²) >= 11 is 3.41. The molecule has 0 unspecified atom stereocenters. The Hall–Kier alpha value is -3.12. The number of carbonyl (C=O) groups is 1. The first-order valence-electron chi connectivity index (χ1n) is 10.7. The molecule has 3 aromatic carbocycles. The first-order chi connectivity index (χ1) is 15.5. The third-order valence-electron chi connectivity index (χ3n) is 5.22. The number of nitrogens with one attached hydrogen (secondary N) is 1. The van der Waals surface area contributed by atoms with Crippen molar-refractivity contribution < 1.29 is 9.53 Å². The van der Waals surface area contributed by atoms with Crippen molar-refractivity contribution in [2.24, 2.45) is 0 Å². The third-order valence-corrected chi connectivity index (χ3v) is 5.71. The minimum atomic E-state index is -0.122. The molecule has 0 atom stereocenters. The molecule has 0 radical (unpaired) electrons. The maximum atomic E-state index is 12.6. The number of hydrogen-bond donors (Lipinski definition) is 1. The van der Waals surface area contributed by atoms with E-state index in [9.17, 15) is 4.79 Å². The van der Waals surface area contributed by atoms with Crippen molar-refractivity contribution in [1.82, 2.24) is 14.9 Å². The maximum Gasteiger partial charge on any atom is 0.251 e. The number of imidazole rings is 1. The van der Waals surface area contributed by atoms with Crippen molar-refractivity contribution in [1.29, 1.82) is 0 Å². The number of ether oxygens (including phenoxy) is 1. The van der Waals surface area contributed by atoms with Crippen LogP contribution in [0.25, 0.3) is 11.0 Å². The molecule has 1 N–H and O–H groups in total.